The Balaban J connectivity index is 1.98. The maximum atomic E-state index is 11.9. The van der Waals surface area contributed by atoms with E-state index in [1.54, 1.807) is 19.2 Å². The highest BCUT2D eigenvalue weighted by atomic mass is 32.1. The highest BCUT2D eigenvalue weighted by Gasteiger charge is 2.08. The first-order valence-corrected chi connectivity index (χ1v) is 7.74. The number of hydrogen-bond acceptors (Lipinski definition) is 4. The molecular weight excluding hydrogens is 300 g/mol. The molecule has 0 atom stereocenters. The Morgan fingerprint density at radius 1 is 1.27 bits per heavy atom. The topological polar surface area (TPSA) is 67.4 Å². The quantitative estimate of drug-likeness (QED) is 0.860. The normalized spacial score (nSPS) is 10.1. The van der Waals surface area contributed by atoms with E-state index in [0.29, 0.717) is 23.5 Å². The Morgan fingerprint density at radius 3 is 2.73 bits per heavy atom. The largest absolute Gasteiger partial charge is 0.496 e. The Kier molecular flexibility index (Phi) is 5.55. The van der Waals surface area contributed by atoms with Gasteiger partial charge >= 0.3 is 0 Å². The fourth-order valence-corrected chi connectivity index (χ4v) is 2.70. The molecule has 1 aromatic heterocycles. The summed E-state index contributed by atoms with van der Waals surface area (Å²) >= 11 is 1.41. The van der Waals surface area contributed by atoms with E-state index in [2.05, 4.69) is 10.6 Å². The molecule has 2 rings (SSSR count). The molecule has 1 heterocycles. The molecule has 0 aliphatic heterocycles. The van der Waals surface area contributed by atoms with Crippen molar-refractivity contribution in [1.29, 1.82) is 0 Å². The zero-order valence-electron chi connectivity index (χ0n) is 12.5. The third kappa shape index (κ3) is 4.33. The van der Waals surface area contributed by atoms with Gasteiger partial charge in [-0.25, -0.2) is 0 Å². The summed E-state index contributed by atoms with van der Waals surface area (Å²) in [7, 11) is 1.60. The van der Waals surface area contributed by atoms with Crippen LogP contribution in [0.3, 0.4) is 0 Å². The Labute approximate surface area is 133 Å². The lowest BCUT2D eigenvalue weighted by Crippen LogP contribution is -2.25. The van der Waals surface area contributed by atoms with Crippen molar-refractivity contribution in [1.82, 2.24) is 5.32 Å². The van der Waals surface area contributed by atoms with Crippen LogP contribution in [0, 0.1) is 0 Å². The van der Waals surface area contributed by atoms with Crippen molar-refractivity contribution >= 4 is 28.8 Å². The Bertz CT molecular complexity index is 653. The number of methoxy groups -OCH3 is 1. The maximum absolute atomic E-state index is 11.9. The van der Waals surface area contributed by atoms with Gasteiger partial charge in [0.2, 0.25) is 5.91 Å². The van der Waals surface area contributed by atoms with E-state index in [1.165, 1.54) is 18.3 Å². The number of anilines is 1. The van der Waals surface area contributed by atoms with Crippen molar-refractivity contribution in [3.8, 4) is 5.75 Å². The van der Waals surface area contributed by atoms with Crippen molar-refractivity contribution in [2.24, 2.45) is 0 Å². The summed E-state index contributed by atoms with van der Waals surface area (Å²) in [6.45, 7) is 1.96. The second kappa shape index (κ2) is 7.61. The highest BCUT2D eigenvalue weighted by molar-refractivity contribution is 7.12. The van der Waals surface area contributed by atoms with Gasteiger partial charge in [-0.3, -0.25) is 9.59 Å². The van der Waals surface area contributed by atoms with Crippen LogP contribution in [0.5, 0.6) is 5.75 Å². The maximum Gasteiger partial charge on any atom is 0.261 e. The standard InChI is InChI=1S/C16H18N2O3S/c1-11(19)18-13-5-6-14(21-2)12(10-13)7-8-17-16(20)15-4-3-9-22-15/h3-6,9-10H,7-8H2,1-2H3,(H,17,20)(H,18,19). The van der Waals surface area contributed by atoms with Crippen LogP contribution in [0.25, 0.3) is 0 Å². The van der Waals surface area contributed by atoms with Crippen molar-refractivity contribution in [3.05, 3.63) is 46.2 Å². The summed E-state index contributed by atoms with van der Waals surface area (Å²) in [5.41, 5.74) is 1.65. The number of carbonyl (C=O) groups is 2. The number of nitrogens with one attached hydrogen (secondary N) is 2. The van der Waals surface area contributed by atoms with Crippen LogP contribution in [0.15, 0.2) is 35.7 Å². The van der Waals surface area contributed by atoms with Gasteiger partial charge in [0.05, 0.1) is 12.0 Å². The van der Waals surface area contributed by atoms with E-state index >= 15 is 0 Å². The molecule has 0 saturated carbocycles. The molecule has 0 aliphatic rings. The van der Waals surface area contributed by atoms with Crippen LogP contribution in [-0.4, -0.2) is 25.5 Å². The molecule has 0 fully saturated rings. The molecule has 0 spiro atoms. The molecular formula is C16H18N2O3S. The minimum atomic E-state index is -0.123. The van der Waals surface area contributed by atoms with Gasteiger partial charge in [0, 0.05) is 19.2 Å². The summed E-state index contributed by atoms with van der Waals surface area (Å²) in [5.74, 6) is 0.536. The predicted molar refractivity (Wildman–Crippen MR) is 87.7 cm³/mol. The average Bonchev–Trinajstić information content (AvgIpc) is 3.01. The molecule has 116 valence electrons. The molecule has 2 amide bonds. The molecule has 0 bridgehead atoms. The zero-order valence-corrected chi connectivity index (χ0v) is 13.3. The molecule has 0 unspecified atom stereocenters. The van der Waals surface area contributed by atoms with E-state index < -0.39 is 0 Å². The number of rotatable bonds is 6. The molecule has 6 heteroatoms. The molecule has 0 aliphatic carbocycles. The van der Waals surface area contributed by atoms with E-state index in [4.69, 9.17) is 4.74 Å². The first-order valence-electron chi connectivity index (χ1n) is 6.86. The van der Waals surface area contributed by atoms with Crippen molar-refractivity contribution < 1.29 is 14.3 Å². The van der Waals surface area contributed by atoms with E-state index in [9.17, 15) is 9.59 Å². The predicted octanol–water partition coefficient (Wildman–Crippen LogP) is 2.69. The van der Waals surface area contributed by atoms with Gasteiger partial charge in [0.25, 0.3) is 5.91 Å². The molecule has 2 N–H and O–H groups in total. The summed E-state index contributed by atoms with van der Waals surface area (Å²) in [6.07, 6.45) is 0.619. The molecule has 22 heavy (non-hydrogen) atoms. The molecule has 5 nitrogen and oxygen atoms in total. The van der Waals surface area contributed by atoms with Gasteiger partial charge < -0.3 is 15.4 Å². The van der Waals surface area contributed by atoms with Crippen LogP contribution < -0.4 is 15.4 Å². The van der Waals surface area contributed by atoms with E-state index in [0.717, 1.165) is 11.3 Å². The number of carbonyl (C=O) groups excluding carboxylic acids is 2. The van der Waals surface area contributed by atoms with Gasteiger partial charge in [0.15, 0.2) is 0 Å². The first-order chi connectivity index (χ1) is 10.6. The summed E-state index contributed by atoms with van der Waals surface area (Å²) in [6, 6.07) is 9.09. The van der Waals surface area contributed by atoms with Crippen LogP contribution in [0.4, 0.5) is 5.69 Å². The van der Waals surface area contributed by atoms with Gasteiger partial charge in [-0.05, 0) is 41.6 Å². The number of benzene rings is 1. The molecule has 0 radical (unpaired) electrons. The Morgan fingerprint density at radius 2 is 2.09 bits per heavy atom. The van der Waals surface area contributed by atoms with Gasteiger partial charge in [-0.1, -0.05) is 6.07 Å². The summed E-state index contributed by atoms with van der Waals surface area (Å²) in [5, 5.41) is 7.48. The molecule has 2 aromatic rings. The van der Waals surface area contributed by atoms with Gasteiger partial charge in [-0.15, -0.1) is 11.3 Å². The van der Waals surface area contributed by atoms with Gasteiger partial charge in [-0.2, -0.15) is 0 Å². The van der Waals surface area contributed by atoms with Crippen LogP contribution in [0.1, 0.15) is 22.2 Å². The molecule has 1 aromatic carbocycles. The van der Waals surface area contributed by atoms with Crippen molar-refractivity contribution in [2.45, 2.75) is 13.3 Å². The van der Waals surface area contributed by atoms with Gasteiger partial charge in [0.1, 0.15) is 5.75 Å². The second-order valence-electron chi connectivity index (χ2n) is 4.69. The van der Waals surface area contributed by atoms with Crippen LogP contribution in [-0.2, 0) is 11.2 Å². The number of amides is 2. The highest BCUT2D eigenvalue weighted by Crippen LogP contribution is 2.23. The smallest absolute Gasteiger partial charge is 0.261 e. The lowest BCUT2D eigenvalue weighted by Gasteiger charge is -2.11. The summed E-state index contributed by atoms with van der Waals surface area (Å²) in [4.78, 5) is 23.7. The summed E-state index contributed by atoms with van der Waals surface area (Å²) < 4.78 is 5.31. The third-order valence-corrected chi connectivity index (χ3v) is 3.89. The van der Waals surface area contributed by atoms with Crippen molar-refractivity contribution in [3.63, 3.8) is 0 Å². The number of ether oxygens (including phenoxy) is 1. The number of hydrogen-bond donors (Lipinski definition) is 2. The minimum absolute atomic E-state index is 0.0769. The van der Waals surface area contributed by atoms with E-state index in [1.807, 2.05) is 23.6 Å². The zero-order chi connectivity index (χ0) is 15.9. The second-order valence-corrected chi connectivity index (χ2v) is 5.64. The third-order valence-electron chi connectivity index (χ3n) is 3.03. The van der Waals surface area contributed by atoms with Crippen molar-refractivity contribution in [2.75, 3.05) is 19.0 Å². The number of thiophene rings is 1. The van der Waals surface area contributed by atoms with Crippen LogP contribution >= 0.6 is 11.3 Å². The fraction of sp³-hybridized carbons (Fsp3) is 0.250. The lowest BCUT2D eigenvalue weighted by molar-refractivity contribution is -0.114. The Hall–Kier alpha value is -2.34. The van der Waals surface area contributed by atoms with E-state index in [-0.39, 0.29) is 11.8 Å². The molecule has 0 saturated heterocycles. The fourth-order valence-electron chi connectivity index (χ4n) is 2.06. The average molecular weight is 318 g/mol. The lowest BCUT2D eigenvalue weighted by atomic mass is 10.1. The first kappa shape index (κ1) is 16.0. The minimum Gasteiger partial charge on any atom is -0.496 e. The monoisotopic (exact) mass is 318 g/mol. The van der Waals surface area contributed by atoms with Crippen LogP contribution in [0.2, 0.25) is 0 Å². The SMILES string of the molecule is COc1ccc(NC(C)=O)cc1CCNC(=O)c1cccs1.